The van der Waals surface area contributed by atoms with Crippen molar-refractivity contribution in [1.82, 2.24) is 10.6 Å². The van der Waals surface area contributed by atoms with Crippen LogP contribution in [-0.2, 0) is 11.3 Å². The third-order valence-corrected chi connectivity index (χ3v) is 3.43. The zero-order chi connectivity index (χ0) is 16.1. The lowest BCUT2D eigenvalue weighted by Gasteiger charge is -2.28. The van der Waals surface area contributed by atoms with Gasteiger partial charge in [-0.25, -0.2) is 4.79 Å². The zero-order valence-electron chi connectivity index (χ0n) is 13.2. The quantitative estimate of drug-likeness (QED) is 0.877. The van der Waals surface area contributed by atoms with Gasteiger partial charge in [-0.1, -0.05) is 0 Å². The second-order valence-corrected chi connectivity index (χ2v) is 7.52. The van der Waals surface area contributed by atoms with Crippen LogP contribution in [0.25, 0.3) is 0 Å². The SMILES string of the molecule is CC(C)(CNCc1cc(C#N)cs1)NC(=O)OC(C)(C)C. The van der Waals surface area contributed by atoms with E-state index in [-0.39, 0.29) is 0 Å². The molecule has 1 aromatic rings. The Labute approximate surface area is 130 Å². The summed E-state index contributed by atoms with van der Waals surface area (Å²) in [6, 6.07) is 3.98. The number of ether oxygens (including phenoxy) is 1. The fourth-order valence-corrected chi connectivity index (χ4v) is 2.43. The number of carbonyl (C=O) groups is 1. The summed E-state index contributed by atoms with van der Waals surface area (Å²) in [4.78, 5) is 12.9. The van der Waals surface area contributed by atoms with Crippen LogP contribution in [0, 0.1) is 11.3 Å². The van der Waals surface area contributed by atoms with Crippen molar-refractivity contribution in [3.05, 3.63) is 21.9 Å². The van der Waals surface area contributed by atoms with E-state index < -0.39 is 17.2 Å². The lowest BCUT2D eigenvalue weighted by Crippen LogP contribution is -2.51. The first-order valence-electron chi connectivity index (χ1n) is 6.81. The van der Waals surface area contributed by atoms with Gasteiger partial charge >= 0.3 is 6.09 Å². The second-order valence-electron chi connectivity index (χ2n) is 6.53. The monoisotopic (exact) mass is 309 g/mol. The van der Waals surface area contributed by atoms with Crippen molar-refractivity contribution in [3.63, 3.8) is 0 Å². The van der Waals surface area contributed by atoms with Gasteiger partial charge in [0, 0.05) is 23.3 Å². The number of nitrogens with zero attached hydrogens (tertiary/aromatic N) is 1. The van der Waals surface area contributed by atoms with Gasteiger partial charge in [0.1, 0.15) is 11.7 Å². The first-order chi connectivity index (χ1) is 9.61. The highest BCUT2D eigenvalue weighted by molar-refractivity contribution is 7.10. The van der Waals surface area contributed by atoms with E-state index in [1.807, 2.05) is 46.1 Å². The van der Waals surface area contributed by atoms with Gasteiger partial charge in [0.15, 0.2) is 0 Å². The molecular formula is C15H23N3O2S. The van der Waals surface area contributed by atoms with Gasteiger partial charge in [0.25, 0.3) is 0 Å². The molecule has 21 heavy (non-hydrogen) atoms. The van der Waals surface area contributed by atoms with Crippen LogP contribution in [0.5, 0.6) is 0 Å². The smallest absolute Gasteiger partial charge is 0.408 e. The fraction of sp³-hybridized carbons (Fsp3) is 0.600. The molecular weight excluding hydrogens is 286 g/mol. The first-order valence-corrected chi connectivity index (χ1v) is 7.69. The van der Waals surface area contributed by atoms with Gasteiger partial charge in [-0.05, 0) is 40.7 Å². The molecule has 0 bridgehead atoms. The van der Waals surface area contributed by atoms with E-state index in [0.717, 1.165) is 4.88 Å². The number of hydrogen-bond acceptors (Lipinski definition) is 5. The van der Waals surface area contributed by atoms with Crippen LogP contribution in [0.1, 0.15) is 45.1 Å². The Bertz CT molecular complexity index is 524. The highest BCUT2D eigenvalue weighted by atomic mass is 32.1. The number of nitriles is 1. The minimum Gasteiger partial charge on any atom is -0.444 e. The Balaban J connectivity index is 2.39. The molecule has 0 aliphatic rings. The highest BCUT2D eigenvalue weighted by Crippen LogP contribution is 2.14. The average molecular weight is 309 g/mol. The second kappa shape index (κ2) is 6.92. The summed E-state index contributed by atoms with van der Waals surface area (Å²) in [6.45, 7) is 10.6. The third-order valence-electron chi connectivity index (χ3n) is 2.49. The molecule has 1 amide bonds. The summed E-state index contributed by atoms with van der Waals surface area (Å²) in [6.07, 6.45) is -0.419. The summed E-state index contributed by atoms with van der Waals surface area (Å²) in [5, 5.41) is 16.7. The molecule has 0 unspecified atom stereocenters. The molecule has 0 aromatic carbocycles. The van der Waals surface area contributed by atoms with Crippen LogP contribution in [0.3, 0.4) is 0 Å². The molecule has 2 N–H and O–H groups in total. The maximum atomic E-state index is 11.8. The van der Waals surface area contributed by atoms with E-state index in [2.05, 4.69) is 16.7 Å². The predicted octanol–water partition coefficient (Wildman–Crippen LogP) is 3.01. The number of hydrogen-bond donors (Lipinski definition) is 2. The lowest BCUT2D eigenvalue weighted by molar-refractivity contribution is 0.0472. The van der Waals surface area contributed by atoms with Gasteiger partial charge < -0.3 is 15.4 Å². The summed E-state index contributed by atoms with van der Waals surface area (Å²) >= 11 is 1.55. The van der Waals surface area contributed by atoms with Crippen molar-refractivity contribution >= 4 is 17.4 Å². The number of amides is 1. The number of nitrogens with one attached hydrogen (secondary N) is 2. The molecule has 0 atom stereocenters. The Hall–Kier alpha value is -1.58. The van der Waals surface area contributed by atoms with Gasteiger partial charge in [0.05, 0.1) is 11.1 Å². The van der Waals surface area contributed by atoms with Crippen molar-refractivity contribution in [3.8, 4) is 6.07 Å². The van der Waals surface area contributed by atoms with E-state index >= 15 is 0 Å². The Morgan fingerprint density at radius 3 is 2.57 bits per heavy atom. The number of rotatable bonds is 5. The molecule has 0 aliphatic carbocycles. The maximum absolute atomic E-state index is 11.8. The van der Waals surface area contributed by atoms with Crippen molar-refractivity contribution in [2.75, 3.05) is 6.54 Å². The largest absolute Gasteiger partial charge is 0.444 e. The molecule has 1 aromatic heterocycles. The number of carbonyl (C=O) groups excluding carboxylic acids is 1. The minimum atomic E-state index is -0.502. The van der Waals surface area contributed by atoms with E-state index in [9.17, 15) is 4.79 Å². The molecule has 0 radical (unpaired) electrons. The van der Waals surface area contributed by atoms with Crippen LogP contribution < -0.4 is 10.6 Å². The van der Waals surface area contributed by atoms with E-state index in [0.29, 0.717) is 18.7 Å². The van der Waals surface area contributed by atoms with Crippen LogP contribution in [0.4, 0.5) is 4.79 Å². The summed E-state index contributed by atoms with van der Waals surface area (Å²) < 4.78 is 5.24. The van der Waals surface area contributed by atoms with E-state index in [1.165, 1.54) is 0 Å². The van der Waals surface area contributed by atoms with E-state index in [4.69, 9.17) is 10.00 Å². The van der Waals surface area contributed by atoms with E-state index in [1.54, 1.807) is 11.3 Å². The topological polar surface area (TPSA) is 74.2 Å². The normalized spacial score (nSPS) is 11.8. The first kappa shape index (κ1) is 17.5. The van der Waals surface area contributed by atoms with Crippen molar-refractivity contribution in [1.29, 1.82) is 5.26 Å². The number of alkyl carbamates (subject to hydrolysis) is 1. The summed E-state index contributed by atoms with van der Waals surface area (Å²) in [7, 11) is 0. The maximum Gasteiger partial charge on any atom is 0.408 e. The van der Waals surface area contributed by atoms with Crippen LogP contribution in [0.2, 0.25) is 0 Å². The molecule has 1 rings (SSSR count). The Morgan fingerprint density at radius 1 is 1.38 bits per heavy atom. The molecule has 0 saturated heterocycles. The van der Waals surface area contributed by atoms with Crippen molar-refractivity contribution in [2.24, 2.45) is 0 Å². The Morgan fingerprint density at radius 2 is 2.05 bits per heavy atom. The van der Waals surface area contributed by atoms with Crippen LogP contribution in [-0.4, -0.2) is 23.8 Å². The van der Waals surface area contributed by atoms with Gasteiger partial charge in [0.2, 0.25) is 0 Å². The highest BCUT2D eigenvalue weighted by Gasteiger charge is 2.24. The fourth-order valence-electron chi connectivity index (χ4n) is 1.65. The van der Waals surface area contributed by atoms with Crippen LogP contribution >= 0.6 is 11.3 Å². The third kappa shape index (κ3) is 7.11. The molecule has 0 saturated carbocycles. The van der Waals surface area contributed by atoms with Crippen LogP contribution in [0.15, 0.2) is 11.4 Å². The molecule has 5 nitrogen and oxygen atoms in total. The Kier molecular flexibility index (Phi) is 5.76. The van der Waals surface area contributed by atoms with Gasteiger partial charge in [-0.3, -0.25) is 0 Å². The molecule has 116 valence electrons. The lowest BCUT2D eigenvalue weighted by atomic mass is 10.1. The van der Waals surface area contributed by atoms with Gasteiger partial charge in [-0.2, -0.15) is 5.26 Å². The van der Waals surface area contributed by atoms with Crippen molar-refractivity contribution < 1.29 is 9.53 Å². The molecule has 0 spiro atoms. The standard InChI is InChI=1S/C15H23N3O2S/c1-14(2,3)20-13(19)18-15(4,5)10-17-8-12-6-11(7-16)9-21-12/h6,9,17H,8,10H2,1-5H3,(H,18,19). The summed E-state index contributed by atoms with van der Waals surface area (Å²) in [5.74, 6) is 0. The average Bonchev–Trinajstić information content (AvgIpc) is 2.73. The predicted molar refractivity (Wildman–Crippen MR) is 84.2 cm³/mol. The van der Waals surface area contributed by atoms with Crippen molar-refractivity contribution in [2.45, 2.75) is 52.3 Å². The van der Waals surface area contributed by atoms with Gasteiger partial charge in [-0.15, -0.1) is 11.3 Å². The molecule has 0 fully saturated rings. The molecule has 0 aliphatic heterocycles. The molecule has 6 heteroatoms. The zero-order valence-corrected chi connectivity index (χ0v) is 14.1. The summed E-state index contributed by atoms with van der Waals surface area (Å²) in [5.41, 5.74) is -0.237. The minimum absolute atomic E-state index is 0.419. The molecule has 1 heterocycles. The number of thiophene rings is 1.